The Hall–Kier alpha value is -2.39. The molecule has 4 rings (SSSR count). The van der Waals surface area contributed by atoms with Crippen molar-refractivity contribution in [1.82, 2.24) is 0 Å². The molecule has 0 aliphatic heterocycles. The first-order valence-corrected chi connectivity index (χ1v) is 10.1. The monoisotopic (exact) mass is 360 g/mol. The Bertz CT molecular complexity index is 861. The number of carbonyl (C=O) groups excluding carboxylic acids is 1. The average Bonchev–Trinajstić information content (AvgIpc) is 3.20. The summed E-state index contributed by atoms with van der Waals surface area (Å²) in [7, 11) is 0. The quantitative estimate of drug-likeness (QED) is 0.564. The summed E-state index contributed by atoms with van der Waals surface area (Å²) in [5, 5.41) is 4.99. The van der Waals surface area contributed by atoms with Gasteiger partial charge < -0.3 is 5.32 Å². The van der Waals surface area contributed by atoms with E-state index in [1.807, 2.05) is 18.2 Å². The third-order valence-electron chi connectivity index (χ3n) is 5.12. The maximum atomic E-state index is 12.4. The van der Waals surface area contributed by atoms with Crippen LogP contribution in [0.25, 0.3) is 11.1 Å². The van der Waals surface area contributed by atoms with Crippen molar-refractivity contribution >= 4 is 22.9 Å². The van der Waals surface area contributed by atoms with Crippen LogP contribution in [0.15, 0.2) is 60.0 Å². The van der Waals surface area contributed by atoms with Crippen molar-refractivity contribution in [3.8, 4) is 11.1 Å². The van der Waals surface area contributed by atoms with Gasteiger partial charge in [-0.2, -0.15) is 0 Å². The van der Waals surface area contributed by atoms with E-state index >= 15 is 0 Å². The van der Waals surface area contributed by atoms with Crippen molar-refractivity contribution in [3.63, 3.8) is 0 Å². The lowest BCUT2D eigenvalue weighted by Gasteiger charge is -2.22. The molecule has 2 nitrogen and oxygen atoms in total. The van der Waals surface area contributed by atoms with Gasteiger partial charge in [-0.3, -0.25) is 4.79 Å². The zero-order valence-electron chi connectivity index (χ0n) is 14.7. The third kappa shape index (κ3) is 3.88. The van der Waals surface area contributed by atoms with Gasteiger partial charge in [-0.15, -0.1) is 11.3 Å². The van der Waals surface area contributed by atoms with Crippen LogP contribution in [0.1, 0.15) is 53.3 Å². The standard InChI is InChI=1S/C23H22NOS/c25-23(24-21-9-5-2-6-10-21)22-15-20(16-26-22)19-13-11-18(12-14-19)17-7-3-1-4-8-17/h5-6,9-17H,1,3-4,7-8H2,(H,24,25). The van der Waals surface area contributed by atoms with Gasteiger partial charge in [0.1, 0.15) is 0 Å². The zero-order valence-corrected chi connectivity index (χ0v) is 15.5. The number of anilines is 1. The van der Waals surface area contributed by atoms with Gasteiger partial charge in [0.05, 0.1) is 4.88 Å². The molecule has 26 heavy (non-hydrogen) atoms. The Morgan fingerprint density at radius 3 is 2.42 bits per heavy atom. The van der Waals surface area contributed by atoms with E-state index in [1.54, 1.807) is 12.1 Å². The first kappa shape index (κ1) is 17.0. The lowest BCUT2D eigenvalue weighted by Crippen LogP contribution is -2.09. The van der Waals surface area contributed by atoms with Gasteiger partial charge in [0.25, 0.3) is 5.91 Å². The molecule has 1 aromatic heterocycles. The van der Waals surface area contributed by atoms with Crippen molar-refractivity contribution in [3.05, 3.63) is 76.5 Å². The molecule has 0 saturated heterocycles. The fraction of sp³-hybridized carbons (Fsp3) is 0.261. The highest BCUT2D eigenvalue weighted by Gasteiger charge is 2.16. The van der Waals surface area contributed by atoms with Gasteiger partial charge in [0, 0.05) is 5.69 Å². The van der Waals surface area contributed by atoms with Gasteiger partial charge in [-0.05, 0) is 65.1 Å². The van der Waals surface area contributed by atoms with E-state index in [2.05, 4.69) is 41.0 Å². The van der Waals surface area contributed by atoms with E-state index in [1.165, 1.54) is 54.6 Å². The number of hydrogen-bond donors (Lipinski definition) is 1. The van der Waals surface area contributed by atoms with E-state index in [0.717, 1.165) is 22.0 Å². The van der Waals surface area contributed by atoms with E-state index in [4.69, 9.17) is 0 Å². The number of amides is 1. The molecule has 1 N–H and O–H groups in total. The molecule has 1 aliphatic carbocycles. The summed E-state index contributed by atoms with van der Waals surface area (Å²) in [6, 6.07) is 21.1. The van der Waals surface area contributed by atoms with Crippen molar-refractivity contribution in [2.24, 2.45) is 0 Å². The molecule has 3 aromatic rings. The fourth-order valence-electron chi connectivity index (χ4n) is 3.65. The summed E-state index contributed by atoms with van der Waals surface area (Å²) < 4.78 is 0. The van der Waals surface area contributed by atoms with Crippen LogP contribution < -0.4 is 5.32 Å². The van der Waals surface area contributed by atoms with Crippen LogP contribution in [0.4, 0.5) is 5.69 Å². The van der Waals surface area contributed by atoms with Gasteiger partial charge in [-0.25, -0.2) is 0 Å². The summed E-state index contributed by atoms with van der Waals surface area (Å²) in [5.74, 6) is 0.663. The van der Waals surface area contributed by atoms with Crippen LogP contribution in [0.3, 0.4) is 0 Å². The summed E-state index contributed by atoms with van der Waals surface area (Å²) in [6.07, 6.45) is 6.73. The average molecular weight is 361 g/mol. The molecule has 2 aromatic carbocycles. The number of nitrogens with one attached hydrogen (secondary N) is 1. The van der Waals surface area contributed by atoms with Crippen LogP contribution in [-0.2, 0) is 0 Å². The predicted octanol–water partition coefficient (Wildman–Crippen LogP) is 6.52. The zero-order chi connectivity index (χ0) is 17.8. The summed E-state index contributed by atoms with van der Waals surface area (Å²) in [4.78, 5) is 13.1. The van der Waals surface area contributed by atoms with Crippen molar-refractivity contribution in [1.29, 1.82) is 0 Å². The summed E-state index contributed by atoms with van der Waals surface area (Å²) in [5.41, 5.74) is 4.54. The lowest BCUT2D eigenvalue weighted by molar-refractivity contribution is 0.103. The first-order valence-electron chi connectivity index (χ1n) is 9.26. The van der Waals surface area contributed by atoms with E-state index in [0.29, 0.717) is 0 Å². The van der Waals surface area contributed by atoms with E-state index in [9.17, 15) is 4.79 Å². The topological polar surface area (TPSA) is 29.1 Å². The van der Waals surface area contributed by atoms with Crippen LogP contribution in [0.5, 0.6) is 0 Å². The molecule has 1 saturated carbocycles. The number of benzene rings is 2. The molecule has 131 valence electrons. The smallest absolute Gasteiger partial charge is 0.265 e. The Balaban J connectivity index is 1.46. The second kappa shape index (κ2) is 7.88. The number of carbonyl (C=O) groups is 1. The molecular formula is C23H22NOS. The molecule has 0 bridgehead atoms. The second-order valence-electron chi connectivity index (χ2n) is 6.90. The first-order chi connectivity index (χ1) is 12.8. The number of rotatable bonds is 4. The highest BCUT2D eigenvalue weighted by Crippen LogP contribution is 2.34. The largest absolute Gasteiger partial charge is 0.321 e. The molecule has 1 fully saturated rings. The molecule has 0 unspecified atom stereocenters. The van der Waals surface area contributed by atoms with Gasteiger partial charge >= 0.3 is 0 Å². The normalized spacial score (nSPS) is 14.9. The van der Waals surface area contributed by atoms with Crippen LogP contribution in [0, 0.1) is 6.07 Å². The van der Waals surface area contributed by atoms with E-state index in [-0.39, 0.29) is 5.91 Å². The van der Waals surface area contributed by atoms with Crippen molar-refractivity contribution in [2.75, 3.05) is 5.32 Å². The molecule has 0 atom stereocenters. The Kier molecular flexibility index (Phi) is 5.16. The molecule has 1 amide bonds. The molecule has 1 aliphatic rings. The molecule has 3 heteroatoms. The SMILES string of the molecule is O=C(Nc1cc[c]cc1)c1cc(-c2ccc(C3CCCCC3)cc2)cs1. The molecule has 1 radical (unpaired) electrons. The van der Waals surface area contributed by atoms with Crippen LogP contribution in [0.2, 0.25) is 0 Å². The van der Waals surface area contributed by atoms with Crippen LogP contribution in [-0.4, -0.2) is 5.91 Å². The molecular weight excluding hydrogens is 338 g/mol. The minimum atomic E-state index is -0.0636. The third-order valence-corrected chi connectivity index (χ3v) is 6.05. The van der Waals surface area contributed by atoms with Gasteiger partial charge in [-0.1, -0.05) is 55.7 Å². The van der Waals surface area contributed by atoms with Crippen LogP contribution >= 0.6 is 11.3 Å². The van der Waals surface area contributed by atoms with Gasteiger partial charge in [0.2, 0.25) is 0 Å². The van der Waals surface area contributed by atoms with Gasteiger partial charge in [0.15, 0.2) is 0 Å². The lowest BCUT2D eigenvalue weighted by atomic mass is 9.84. The van der Waals surface area contributed by atoms with Crippen molar-refractivity contribution < 1.29 is 4.79 Å². The predicted molar refractivity (Wildman–Crippen MR) is 109 cm³/mol. The highest BCUT2D eigenvalue weighted by molar-refractivity contribution is 7.12. The minimum Gasteiger partial charge on any atom is -0.321 e. The fourth-order valence-corrected chi connectivity index (χ4v) is 4.46. The maximum absolute atomic E-state index is 12.4. The molecule has 0 spiro atoms. The summed E-state index contributed by atoms with van der Waals surface area (Å²) >= 11 is 1.48. The minimum absolute atomic E-state index is 0.0636. The Morgan fingerprint density at radius 2 is 1.69 bits per heavy atom. The number of thiophene rings is 1. The second-order valence-corrected chi connectivity index (χ2v) is 7.81. The highest BCUT2D eigenvalue weighted by atomic mass is 32.1. The number of hydrogen-bond acceptors (Lipinski definition) is 2. The maximum Gasteiger partial charge on any atom is 0.265 e. The van der Waals surface area contributed by atoms with Crippen molar-refractivity contribution in [2.45, 2.75) is 38.0 Å². The Morgan fingerprint density at radius 1 is 0.962 bits per heavy atom. The molecule has 1 heterocycles. The van der Waals surface area contributed by atoms with E-state index < -0.39 is 0 Å². The summed E-state index contributed by atoms with van der Waals surface area (Å²) in [6.45, 7) is 0. The Labute approximate surface area is 158 Å².